The van der Waals surface area contributed by atoms with E-state index in [0.717, 1.165) is 10.6 Å². The quantitative estimate of drug-likeness (QED) is 0.276. The van der Waals surface area contributed by atoms with Gasteiger partial charge >= 0.3 is 0 Å². The van der Waals surface area contributed by atoms with E-state index in [0.29, 0.717) is 12.8 Å². The highest BCUT2D eigenvalue weighted by Gasteiger charge is 2.38. The van der Waals surface area contributed by atoms with Crippen molar-refractivity contribution in [3.63, 3.8) is 0 Å². The molecule has 0 spiro atoms. The highest BCUT2D eigenvalue weighted by atomic mass is 32.1. The van der Waals surface area contributed by atoms with Crippen LogP contribution in [0, 0.1) is 0 Å². The van der Waals surface area contributed by atoms with Crippen LogP contribution in [-0.4, -0.2) is 14.7 Å². The summed E-state index contributed by atoms with van der Waals surface area (Å²) in [5.74, 6) is 0. The molecule has 0 bridgehead atoms. The van der Waals surface area contributed by atoms with Crippen molar-refractivity contribution in [2.75, 3.05) is 0 Å². The number of thiophene rings is 1. The normalized spacial score (nSPS) is 12.5. The Bertz CT molecular complexity index is 1170. The van der Waals surface area contributed by atoms with Crippen molar-refractivity contribution < 1.29 is 5.11 Å². The predicted octanol–water partition coefficient (Wildman–Crippen LogP) is 6.45. The Morgan fingerprint density at radius 3 is 1.79 bits per heavy atom. The van der Waals surface area contributed by atoms with Gasteiger partial charge < -0.3 is 9.67 Å². The number of aliphatic hydroxyl groups is 1. The van der Waals surface area contributed by atoms with E-state index in [1.807, 2.05) is 23.8 Å². The molecule has 0 radical (unpaired) electrons. The second-order valence-electron chi connectivity index (χ2n) is 8.15. The standard InChI is InChI=1S/C29H26N2OS/c32-27(28-17-10-20-33-28)19-18-26-21-31(22-30-26)29(23-11-4-1-5-12-23,24-13-6-2-7-14-24)25-15-8-3-9-16-25/h1-17,20-22,27,32H,18-19H2. The summed E-state index contributed by atoms with van der Waals surface area (Å²) >= 11 is 1.59. The zero-order valence-corrected chi connectivity index (χ0v) is 19.1. The van der Waals surface area contributed by atoms with Crippen LogP contribution >= 0.6 is 11.3 Å². The number of benzene rings is 3. The van der Waals surface area contributed by atoms with Crippen molar-refractivity contribution in [1.82, 2.24) is 9.55 Å². The summed E-state index contributed by atoms with van der Waals surface area (Å²) in [7, 11) is 0. The van der Waals surface area contributed by atoms with Crippen LogP contribution in [0.15, 0.2) is 121 Å². The number of hydrogen-bond acceptors (Lipinski definition) is 3. The lowest BCUT2D eigenvalue weighted by atomic mass is 9.77. The van der Waals surface area contributed by atoms with E-state index in [4.69, 9.17) is 4.98 Å². The second-order valence-corrected chi connectivity index (χ2v) is 9.13. The zero-order valence-electron chi connectivity index (χ0n) is 18.3. The minimum Gasteiger partial charge on any atom is -0.388 e. The van der Waals surface area contributed by atoms with Crippen LogP contribution in [-0.2, 0) is 12.0 Å². The van der Waals surface area contributed by atoms with Gasteiger partial charge in [0.15, 0.2) is 0 Å². The third-order valence-electron chi connectivity index (χ3n) is 6.14. The largest absolute Gasteiger partial charge is 0.388 e. The number of aryl methyl sites for hydroxylation is 1. The van der Waals surface area contributed by atoms with Gasteiger partial charge in [-0.15, -0.1) is 11.3 Å². The van der Waals surface area contributed by atoms with E-state index in [9.17, 15) is 5.11 Å². The molecule has 0 aliphatic carbocycles. The molecule has 0 aliphatic rings. The summed E-state index contributed by atoms with van der Waals surface area (Å²) in [6.45, 7) is 0. The molecule has 0 aliphatic heterocycles. The van der Waals surface area contributed by atoms with E-state index in [1.54, 1.807) is 11.3 Å². The number of imidazole rings is 1. The Labute approximate surface area is 198 Å². The minimum absolute atomic E-state index is 0.461. The highest BCUT2D eigenvalue weighted by Crippen LogP contribution is 2.40. The number of hydrogen-bond donors (Lipinski definition) is 1. The van der Waals surface area contributed by atoms with E-state index in [-0.39, 0.29) is 0 Å². The fourth-order valence-corrected chi connectivity index (χ4v) is 5.32. The van der Waals surface area contributed by atoms with Crippen LogP contribution in [0.1, 0.15) is 39.8 Å². The SMILES string of the molecule is OC(CCc1cn(C(c2ccccc2)(c2ccccc2)c2ccccc2)cn1)c1cccs1. The van der Waals surface area contributed by atoms with Gasteiger partial charge in [-0.2, -0.15) is 0 Å². The Balaban J connectivity index is 1.60. The van der Waals surface area contributed by atoms with Crippen molar-refractivity contribution in [3.05, 3.63) is 148 Å². The first kappa shape index (κ1) is 21.4. The average molecular weight is 451 g/mol. The third kappa shape index (κ3) is 4.15. The maximum Gasteiger partial charge on any atom is 0.121 e. The van der Waals surface area contributed by atoms with E-state index < -0.39 is 11.6 Å². The van der Waals surface area contributed by atoms with Crippen LogP contribution in [0.5, 0.6) is 0 Å². The fraction of sp³-hybridized carbons (Fsp3) is 0.138. The number of aromatic nitrogens is 2. The van der Waals surface area contributed by atoms with E-state index in [2.05, 4.69) is 102 Å². The van der Waals surface area contributed by atoms with Gasteiger partial charge in [-0.3, -0.25) is 0 Å². The van der Waals surface area contributed by atoms with Gasteiger partial charge in [0.05, 0.1) is 18.1 Å². The Kier molecular flexibility index (Phi) is 6.20. The van der Waals surface area contributed by atoms with Gasteiger partial charge in [-0.25, -0.2) is 4.98 Å². The molecule has 2 aromatic heterocycles. The minimum atomic E-state index is -0.554. The summed E-state index contributed by atoms with van der Waals surface area (Å²) in [5, 5.41) is 12.5. The summed E-state index contributed by atoms with van der Waals surface area (Å²) in [4.78, 5) is 5.77. The van der Waals surface area contributed by atoms with Crippen LogP contribution in [0.4, 0.5) is 0 Å². The Morgan fingerprint density at radius 2 is 1.30 bits per heavy atom. The highest BCUT2D eigenvalue weighted by molar-refractivity contribution is 7.10. The molecule has 0 saturated heterocycles. The van der Waals surface area contributed by atoms with Crippen LogP contribution in [0.2, 0.25) is 0 Å². The zero-order chi connectivity index (χ0) is 22.5. The summed E-state index contributed by atoms with van der Waals surface area (Å²) < 4.78 is 2.22. The first-order valence-electron chi connectivity index (χ1n) is 11.2. The molecule has 33 heavy (non-hydrogen) atoms. The molecule has 3 nitrogen and oxygen atoms in total. The van der Waals surface area contributed by atoms with Crippen LogP contribution in [0.3, 0.4) is 0 Å². The Hall–Kier alpha value is -3.47. The van der Waals surface area contributed by atoms with Crippen LogP contribution < -0.4 is 0 Å². The van der Waals surface area contributed by atoms with Crippen molar-refractivity contribution >= 4 is 11.3 Å². The molecule has 5 aromatic rings. The van der Waals surface area contributed by atoms with Gasteiger partial charge in [0, 0.05) is 11.1 Å². The van der Waals surface area contributed by atoms with Crippen molar-refractivity contribution in [3.8, 4) is 0 Å². The monoisotopic (exact) mass is 450 g/mol. The predicted molar refractivity (Wildman–Crippen MR) is 134 cm³/mol. The van der Waals surface area contributed by atoms with Gasteiger partial charge in [0.1, 0.15) is 5.54 Å². The maximum absolute atomic E-state index is 10.5. The first-order valence-corrected chi connectivity index (χ1v) is 12.1. The first-order chi connectivity index (χ1) is 16.3. The summed E-state index contributed by atoms with van der Waals surface area (Å²) in [6, 6.07) is 35.7. The van der Waals surface area contributed by atoms with Crippen molar-refractivity contribution in [2.45, 2.75) is 24.5 Å². The molecule has 0 amide bonds. The van der Waals surface area contributed by atoms with Gasteiger partial charge in [-0.05, 0) is 41.0 Å². The lowest BCUT2D eigenvalue weighted by molar-refractivity contribution is 0.171. The molecule has 1 unspecified atom stereocenters. The molecule has 0 saturated carbocycles. The smallest absolute Gasteiger partial charge is 0.121 e. The molecule has 1 atom stereocenters. The molecule has 0 fully saturated rings. The lowest BCUT2D eigenvalue weighted by Crippen LogP contribution is -2.36. The molecule has 1 N–H and O–H groups in total. The molecular formula is C29H26N2OS. The average Bonchev–Trinajstić information content (AvgIpc) is 3.59. The molecule has 5 rings (SSSR count). The number of nitrogens with zero attached hydrogens (tertiary/aromatic N) is 2. The number of rotatable bonds is 8. The lowest BCUT2D eigenvalue weighted by Gasteiger charge is -2.37. The Morgan fingerprint density at radius 1 is 0.758 bits per heavy atom. The van der Waals surface area contributed by atoms with Crippen LogP contribution in [0.25, 0.3) is 0 Å². The topological polar surface area (TPSA) is 38.0 Å². The van der Waals surface area contributed by atoms with E-state index >= 15 is 0 Å². The second kappa shape index (κ2) is 9.57. The van der Waals surface area contributed by atoms with Gasteiger partial charge in [0.25, 0.3) is 0 Å². The molecule has 164 valence electrons. The summed E-state index contributed by atoms with van der Waals surface area (Å²) in [5.41, 5.74) is 3.93. The molecule has 4 heteroatoms. The fourth-order valence-electron chi connectivity index (χ4n) is 4.57. The maximum atomic E-state index is 10.5. The van der Waals surface area contributed by atoms with Crippen molar-refractivity contribution in [1.29, 1.82) is 0 Å². The summed E-state index contributed by atoms with van der Waals surface area (Å²) in [6.07, 6.45) is 4.96. The molecular weight excluding hydrogens is 424 g/mol. The van der Waals surface area contributed by atoms with Crippen molar-refractivity contribution in [2.24, 2.45) is 0 Å². The number of aliphatic hydroxyl groups excluding tert-OH is 1. The molecule has 3 aromatic carbocycles. The third-order valence-corrected chi connectivity index (χ3v) is 7.12. The van der Waals surface area contributed by atoms with Gasteiger partial charge in [0.2, 0.25) is 0 Å². The molecule has 2 heterocycles. The van der Waals surface area contributed by atoms with Gasteiger partial charge in [-0.1, -0.05) is 97.1 Å². The van der Waals surface area contributed by atoms with E-state index in [1.165, 1.54) is 16.7 Å².